The predicted molar refractivity (Wildman–Crippen MR) is 390 cm³/mol. The molecule has 3 N–H and O–H groups in total. The first kappa shape index (κ1) is 92.0. The molecule has 0 aliphatic heterocycles. The lowest BCUT2D eigenvalue weighted by Crippen LogP contribution is -2.30. The Hall–Kier alpha value is -4.02. The van der Waals surface area contributed by atoms with E-state index in [1.807, 2.05) is 12.2 Å². The van der Waals surface area contributed by atoms with E-state index in [2.05, 4.69) is 113 Å². The number of carbonyl (C=O) groups is 4. The van der Waals surface area contributed by atoms with Crippen molar-refractivity contribution in [1.29, 1.82) is 0 Å². The maximum atomic E-state index is 13.1. The Balaban J connectivity index is 5.38. The standard InChI is InChI=1S/C77H134O17P2/c1-5-9-13-17-21-25-29-32-34-35-37-39-43-46-50-54-58-62-75(80)88-68-73(94-77(82)64-60-56-52-48-44-40-36-33-30-26-22-18-14-10-6-2)70-92-96(85,86)90-66-71(78)65-89-95(83,84)91-69-72(93-76(81)63-59-55-51-47-41-28-24-20-16-12-8-4)67-87-74(79)61-57-53-49-45-42-38-31-27-23-19-15-11-7-3/h9,13,20-22,24-26,32-34,36-37,39,46,50,71-73,78H,5-8,10-12,14-19,23,27-31,35,38,40-45,47-49,51-70H2,1-4H3,(H,83,84)(H,85,86)/b13-9-,24-20-,25-21-,26-22-,34-32-,36-33-,39-37-,50-46-. The Kier molecular flexibility index (Phi) is 66.6. The lowest BCUT2D eigenvalue weighted by Gasteiger charge is -2.21. The fraction of sp³-hybridized carbons (Fsp3) is 0.740. The Labute approximate surface area is 582 Å². The van der Waals surface area contributed by atoms with Gasteiger partial charge in [-0.1, -0.05) is 266 Å². The first-order valence-electron chi connectivity index (χ1n) is 37.5. The highest BCUT2D eigenvalue weighted by Gasteiger charge is 2.30. The molecule has 0 aromatic rings. The van der Waals surface area contributed by atoms with Gasteiger partial charge < -0.3 is 33.8 Å². The van der Waals surface area contributed by atoms with Crippen LogP contribution in [0.25, 0.3) is 0 Å². The Morgan fingerprint density at radius 3 is 0.938 bits per heavy atom. The summed E-state index contributed by atoms with van der Waals surface area (Å²) < 4.78 is 68.3. The fourth-order valence-corrected chi connectivity index (χ4v) is 11.4. The van der Waals surface area contributed by atoms with Gasteiger partial charge in [-0.05, 0) is 116 Å². The number of ether oxygens (including phenoxy) is 4. The lowest BCUT2D eigenvalue weighted by molar-refractivity contribution is -0.161. The summed E-state index contributed by atoms with van der Waals surface area (Å²) in [6, 6.07) is 0. The number of phosphoric ester groups is 2. The second kappa shape index (κ2) is 69.5. The van der Waals surface area contributed by atoms with Crippen LogP contribution in [0.3, 0.4) is 0 Å². The molecule has 0 aromatic heterocycles. The predicted octanol–water partition coefficient (Wildman–Crippen LogP) is 21.2. The number of aliphatic hydroxyl groups is 1. The number of hydrogen-bond acceptors (Lipinski definition) is 15. The summed E-state index contributed by atoms with van der Waals surface area (Å²) in [5.74, 6) is -2.26. The highest BCUT2D eigenvalue weighted by Crippen LogP contribution is 2.45. The molecule has 0 bridgehead atoms. The monoisotopic (exact) mass is 1390 g/mol. The van der Waals surface area contributed by atoms with Crippen molar-refractivity contribution in [3.63, 3.8) is 0 Å². The first-order chi connectivity index (χ1) is 46.7. The van der Waals surface area contributed by atoms with Gasteiger partial charge in [0.1, 0.15) is 19.3 Å². The van der Waals surface area contributed by atoms with Gasteiger partial charge in [-0.3, -0.25) is 37.3 Å². The van der Waals surface area contributed by atoms with Crippen LogP contribution in [0.1, 0.15) is 310 Å². The number of rotatable bonds is 70. The quantitative estimate of drug-likeness (QED) is 0.0169. The summed E-state index contributed by atoms with van der Waals surface area (Å²) >= 11 is 0. The summed E-state index contributed by atoms with van der Waals surface area (Å²) in [5, 5.41) is 10.6. The van der Waals surface area contributed by atoms with Gasteiger partial charge in [0, 0.05) is 25.7 Å². The molecule has 0 amide bonds. The molecule has 0 rings (SSSR count). The number of hydrogen-bond donors (Lipinski definition) is 3. The van der Waals surface area contributed by atoms with E-state index in [0.717, 1.165) is 135 Å². The molecule has 0 saturated heterocycles. The highest BCUT2D eigenvalue weighted by atomic mass is 31.2. The molecule has 554 valence electrons. The van der Waals surface area contributed by atoms with E-state index < -0.39 is 97.5 Å². The van der Waals surface area contributed by atoms with Crippen LogP contribution in [0.4, 0.5) is 0 Å². The van der Waals surface area contributed by atoms with E-state index in [4.69, 9.17) is 37.0 Å². The molecule has 96 heavy (non-hydrogen) atoms. The van der Waals surface area contributed by atoms with Crippen LogP contribution in [0.2, 0.25) is 0 Å². The highest BCUT2D eigenvalue weighted by molar-refractivity contribution is 7.47. The molecule has 5 unspecified atom stereocenters. The summed E-state index contributed by atoms with van der Waals surface area (Å²) in [5.41, 5.74) is 0. The number of phosphoric acid groups is 2. The molecule has 0 aliphatic carbocycles. The van der Waals surface area contributed by atoms with E-state index >= 15 is 0 Å². The lowest BCUT2D eigenvalue weighted by atomic mass is 10.0. The average molecular weight is 1390 g/mol. The van der Waals surface area contributed by atoms with Gasteiger partial charge in [0.2, 0.25) is 0 Å². The van der Waals surface area contributed by atoms with E-state index in [1.54, 1.807) is 0 Å². The number of allylic oxidation sites excluding steroid dienone is 16. The third-order valence-electron chi connectivity index (χ3n) is 15.5. The fourth-order valence-electron chi connectivity index (χ4n) is 9.80. The van der Waals surface area contributed by atoms with Crippen molar-refractivity contribution in [2.45, 2.75) is 329 Å². The van der Waals surface area contributed by atoms with Crippen molar-refractivity contribution in [1.82, 2.24) is 0 Å². The van der Waals surface area contributed by atoms with Gasteiger partial charge in [-0.25, -0.2) is 9.13 Å². The number of unbranched alkanes of at least 4 members (excludes halogenated alkanes) is 28. The molecule has 0 heterocycles. The zero-order valence-corrected chi connectivity index (χ0v) is 62.1. The van der Waals surface area contributed by atoms with Crippen molar-refractivity contribution in [3.05, 3.63) is 97.2 Å². The first-order valence-corrected chi connectivity index (χ1v) is 40.5. The third-order valence-corrected chi connectivity index (χ3v) is 17.4. The van der Waals surface area contributed by atoms with Crippen LogP contribution in [0.15, 0.2) is 97.2 Å². The normalized spacial score (nSPS) is 14.5. The molecule has 0 spiro atoms. The van der Waals surface area contributed by atoms with Crippen molar-refractivity contribution in [2.75, 3.05) is 39.6 Å². The number of aliphatic hydroxyl groups excluding tert-OH is 1. The Bertz CT molecular complexity index is 2200. The minimum atomic E-state index is -4.99. The van der Waals surface area contributed by atoms with E-state index in [1.165, 1.54) is 89.9 Å². The van der Waals surface area contributed by atoms with E-state index in [9.17, 15) is 43.2 Å². The molecular formula is C77H134O17P2. The molecule has 0 aromatic carbocycles. The molecule has 0 aliphatic rings. The Morgan fingerprint density at radius 2 is 0.562 bits per heavy atom. The molecular weight excluding hydrogens is 1260 g/mol. The molecule has 19 heteroatoms. The Morgan fingerprint density at radius 1 is 0.302 bits per heavy atom. The third kappa shape index (κ3) is 68.5. The minimum absolute atomic E-state index is 0.0664. The SMILES string of the molecule is CC/C=C\C/C=C\C/C=C\C/C=C\C/C=C\CCCC(=O)OCC(COP(=O)(O)OCC(O)COP(=O)(O)OCC(COC(=O)CCCCCCCCCCCCCCC)OC(=O)CCCCCCC/C=C\CCCC)OC(=O)CCCCCCC/C=C\C/C=C\CCCCC. The molecule has 5 atom stereocenters. The van der Waals surface area contributed by atoms with Crippen molar-refractivity contribution in [2.24, 2.45) is 0 Å². The van der Waals surface area contributed by atoms with Crippen LogP contribution < -0.4 is 0 Å². The van der Waals surface area contributed by atoms with Crippen molar-refractivity contribution < 1.29 is 80.2 Å². The number of carbonyl (C=O) groups excluding carboxylic acids is 4. The van der Waals surface area contributed by atoms with Crippen LogP contribution in [-0.2, 0) is 65.4 Å². The van der Waals surface area contributed by atoms with E-state index in [-0.39, 0.29) is 25.7 Å². The molecule has 17 nitrogen and oxygen atoms in total. The second-order valence-electron chi connectivity index (χ2n) is 24.9. The van der Waals surface area contributed by atoms with Crippen LogP contribution in [0, 0.1) is 0 Å². The summed E-state index contributed by atoms with van der Waals surface area (Å²) in [6.07, 6.45) is 71.3. The van der Waals surface area contributed by atoms with Gasteiger partial charge in [-0.15, -0.1) is 0 Å². The maximum absolute atomic E-state index is 13.1. The second-order valence-corrected chi connectivity index (χ2v) is 27.8. The molecule has 0 fully saturated rings. The minimum Gasteiger partial charge on any atom is -0.462 e. The van der Waals surface area contributed by atoms with E-state index in [0.29, 0.717) is 32.1 Å². The topological polar surface area (TPSA) is 237 Å². The summed E-state index contributed by atoms with van der Waals surface area (Å²) in [7, 11) is -9.96. The van der Waals surface area contributed by atoms with Gasteiger partial charge in [0.05, 0.1) is 26.4 Å². The maximum Gasteiger partial charge on any atom is 0.472 e. The zero-order chi connectivity index (χ0) is 70.4. The van der Waals surface area contributed by atoms with Gasteiger partial charge in [0.15, 0.2) is 12.2 Å². The summed E-state index contributed by atoms with van der Waals surface area (Å²) in [6.45, 7) is 4.61. The van der Waals surface area contributed by atoms with Gasteiger partial charge in [0.25, 0.3) is 0 Å². The van der Waals surface area contributed by atoms with Crippen LogP contribution in [-0.4, -0.2) is 96.7 Å². The van der Waals surface area contributed by atoms with Gasteiger partial charge >= 0.3 is 39.5 Å². The van der Waals surface area contributed by atoms with Crippen LogP contribution in [0.5, 0.6) is 0 Å². The smallest absolute Gasteiger partial charge is 0.462 e. The van der Waals surface area contributed by atoms with Gasteiger partial charge in [-0.2, -0.15) is 0 Å². The largest absolute Gasteiger partial charge is 0.472 e. The van der Waals surface area contributed by atoms with Crippen molar-refractivity contribution >= 4 is 39.5 Å². The molecule has 0 saturated carbocycles. The van der Waals surface area contributed by atoms with Crippen LogP contribution >= 0.6 is 15.6 Å². The average Bonchev–Trinajstić information content (AvgIpc) is 2.18. The molecule has 0 radical (unpaired) electrons. The summed E-state index contributed by atoms with van der Waals surface area (Å²) in [4.78, 5) is 72.7. The number of esters is 4. The van der Waals surface area contributed by atoms with Crippen molar-refractivity contribution in [3.8, 4) is 0 Å². The zero-order valence-electron chi connectivity index (χ0n) is 60.3.